The molecule has 0 unspecified atom stereocenters. The summed E-state index contributed by atoms with van der Waals surface area (Å²) in [4.78, 5) is 25.1. The van der Waals surface area contributed by atoms with Crippen LogP contribution in [0.25, 0.3) is 5.82 Å². The minimum absolute atomic E-state index is 0.417. The van der Waals surface area contributed by atoms with Crippen LogP contribution in [0.1, 0.15) is 36.9 Å². The van der Waals surface area contributed by atoms with Gasteiger partial charge >= 0.3 is 5.69 Å². The van der Waals surface area contributed by atoms with Crippen LogP contribution in [-0.4, -0.2) is 19.7 Å². The van der Waals surface area contributed by atoms with Crippen molar-refractivity contribution < 1.29 is 0 Å². The summed E-state index contributed by atoms with van der Waals surface area (Å²) >= 11 is 0. The van der Waals surface area contributed by atoms with Crippen molar-refractivity contribution in [1.82, 2.24) is 19.7 Å². The fourth-order valence-electron chi connectivity index (χ4n) is 2.63. The van der Waals surface area contributed by atoms with E-state index in [0.29, 0.717) is 17.7 Å². The molecule has 0 bridgehead atoms. The van der Waals surface area contributed by atoms with Crippen LogP contribution in [0.3, 0.4) is 0 Å². The molecule has 1 aliphatic carbocycles. The van der Waals surface area contributed by atoms with Crippen molar-refractivity contribution in [2.75, 3.05) is 0 Å². The average molecular weight is 272 g/mol. The molecule has 2 aromatic heterocycles. The summed E-state index contributed by atoms with van der Waals surface area (Å²) in [6.45, 7) is 4.12. The van der Waals surface area contributed by atoms with Crippen LogP contribution in [0.15, 0.2) is 27.9 Å². The second kappa shape index (κ2) is 4.70. The Kier molecular flexibility index (Phi) is 3.00. The Hall–Kier alpha value is -2.24. The first-order valence-corrected chi connectivity index (χ1v) is 6.76. The topological polar surface area (TPSA) is 80.6 Å². The van der Waals surface area contributed by atoms with Crippen molar-refractivity contribution in [3.8, 4) is 5.82 Å². The summed E-state index contributed by atoms with van der Waals surface area (Å²) in [6.07, 6.45) is 3.75. The van der Waals surface area contributed by atoms with E-state index in [1.54, 1.807) is 0 Å². The van der Waals surface area contributed by atoms with Gasteiger partial charge in [0.25, 0.3) is 5.56 Å². The fourth-order valence-corrected chi connectivity index (χ4v) is 2.63. The second-order valence-electron chi connectivity index (χ2n) is 5.23. The summed E-state index contributed by atoms with van der Waals surface area (Å²) in [5.41, 5.74) is 1.15. The van der Waals surface area contributed by atoms with Gasteiger partial charge in [0.05, 0.1) is 5.69 Å². The largest absolute Gasteiger partial charge is 0.334 e. The first kappa shape index (κ1) is 12.8. The van der Waals surface area contributed by atoms with E-state index in [-0.39, 0.29) is 0 Å². The van der Waals surface area contributed by atoms with E-state index in [1.807, 2.05) is 13.0 Å². The number of nitrogens with zero attached hydrogens (tertiary/aromatic N) is 3. The molecule has 20 heavy (non-hydrogen) atoms. The molecule has 0 amide bonds. The molecule has 104 valence electrons. The maximum atomic E-state index is 11.8. The zero-order valence-electron chi connectivity index (χ0n) is 11.5. The third-order valence-electron chi connectivity index (χ3n) is 3.92. The fraction of sp³-hybridized carbons (Fsp3) is 0.429. The number of H-pyrrole nitrogens is 1. The van der Waals surface area contributed by atoms with Gasteiger partial charge in [0.15, 0.2) is 5.82 Å². The van der Waals surface area contributed by atoms with Gasteiger partial charge in [-0.15, -0.1) is 5.10 Å². The molecular weight excluding hydrogens is 256 g/mol. The van der Waals surface area contributed by atoms with E-state index in [4.69, 9.17) is 0 Å². The van der Waals surface area contributed by atoms with Crippen LogP contribution in [0.4, 0.5) is 0 Å². The van der Waals surface area contributed by atoms with Crippen LogP contribution < -0.4 is 11.2 Å². The molecule has 1 N–H and O–H groups in total. The molecule has 3 rings (SSSR count). The second-order valence-corrected chi connectivity index (χ2v) is 5.23. The summed E-state index contributed by atoms with van der Waals surface area (Å²) in [6, 6.07) is 3.21. The van der Waals surface area contributed by atoms with Gasteiger partial charge < -0.3 is 0 Å². The van der Waals surface area contributed by atoms with Gasteiger partial charge in [-0.25, -0.2) is 4.79 Å². The first-order chi connectivity index (χ1) is 9.60. The number of hydrogen-bond acceptors (Lipinski definition) is 4. The Morgan fingerprint density at radius 1 is 1.40 bits per heavy atom. The van der Waals surface area contributed by atoms with E-state index in [0.717, 1.165) is 17.7 Å². The highest BCUT2D eigenvalue weighted by Crippen LogP contribution is 2.50. The van der Waals surface area contributed by atoms with E-state index < -0.39 is 11.2 Å². The maximum Gasteiger partial charge on any atom is 0.334 e. The van der Waals surface area contributed by atoms with Crippen molar-refractivity contribution in [2.24, 2.45) is 5.92 Å². The standard InChI is InChI=1S/C14H16N4O2/c1-3-9-6-11(9)10-7-12(17-16-8(10)2)18-5-4-13(19)15-14(18)20/h4-5,7,9,11H,3,6H2,1-2H3,(H,15,19,20)/t9-,11-/m0/s1. The molecule has 6 nitrogen and oxygen atoms in total. The molecule has 0 aromatic carbocycles. The molecule has 0 saturated heterocycles. The summed E-state index contributed by atoms with van der Waals surface area (Å²) in [5, 5.41) is 8.20. The van der Waals surface area contributed by atoms with Gasteiger partial charge in [0, 0.05) is 12.3 Å². The predicted octanol–water partition coefficient (Wildman–Crippen LogP) is 1.14. The lowest BCUT2D eigenvalue weighted by Gasteiger charge is -2.08. The summed E-state index contributed by atoms with van der Waals surface area (Å²) in [5.74, 6) is 1.68. The third kappa shape index (κ3) is 2.17. The van der Waals surface area contributed by atoms with Crippen molar-refractivity contribution >= 4 is 0 Å². The van der Waals surface area contributed by atoms with Crippen molar-refractivity contribution in [3.63, 3.8) is 0 Å². The Labute approximate surface area is 115 Å². The van der Waals surface area contributed by atoms with Crippen molar-refractivity contribution in [2.45, 2.75) is 32.6 Å². The van der Waals surface area contributed by atoms with Gasteiger partial charge in [0.2, 0.25) is 0 Å². The highest BCUT2D eigenvalue weighted by atomic mass is 16.2. The Balaban J connectivity index is 2.05. The van der Waals surface area contributed by atoms with E-state index in [1.165, 1.54) is 23.3 Å². The van der Waals surface area contributed by atoms with Crippen molar-refractivity contribution in [1.29, 1.82) is 0 Å². The monoisotopic (exact) mass is 272 g/mol. The van der Waals surface area contributed by atoms with Gasteiger partial charge in [-0.2, -0.15) is 5.10 Å². The SMILES string of the molecule is CC[C@H]1C[C@@H]1c1cc(-n2ccc(=O)[nH]c2=O)nnc1C. The van der Waals surface area contributed by atoms with E-state index in [9.17, 15) is 9.59 Å². The molecule has 1 fully saturated rings. The molecular formula is C14H16N4O2. The Morgan fingerprint density at radius 3 is 2.85 bits per heavy atom. The zero-order chi connectivity index (χ0) is 14.3. The average Bonchev–Trinajstić information content (AvgIpc) is 3.19. The molecule has 0 aliphatic heterocycles. The number of hydrogen-bond donors (Lipinski definition) is 1. The molecule has 2 heterocycles. The van der Waals surface area contributed by atoms with Gasteiger partial charge in [-0.3, -0.25) is 14.3 Å². The quantitative estimate of drug-likeness (QED) is 0.908. The van der Waals surface area contributed by atoms with Crippen LogP contribution in [0.2, 0.25) is 0 Å². The lowest BCUT2D eigenvalue weighted by molar-refractivity contribution is 0.751. The Morgan fingerprint density at radius 2 is 2.20 bits per heavy atom. The highest BCUT2D eigenvalue weighted by Gasteiger charge is 2.38. The molecule has 2 atom stereocenters. The van der Waals surface area contributed by atoms with Crippen LogP contribution >= 0.6 is 0 Å². The normalized spacial score (nSPS) is 20.9. The lowest BCUT2D eigenvalue weighted by atomic mass is 10.1. The van der Waals surface area contributed by atoms with Crippen molar-refractivity contribution in [3.05, 3.63) is 50.4 Å². The minimum Gasteiger partial charge on any atom is -0.274 e. The smallest absolute Gasteiger partial charge is 0.274 e. The molecule has 2 aromatic rings. The highest BCUT2D eigenvalue weighted by molar-refractivity contribution is 5.35. The van der Waals surface area contributed by atoms with Gasteiger partial charge in [-0.05, 0) is 36.8 Å². The number of rotatable bonds is 3. The zero-order valence-corrected chi connectivity index (χ0v) is 11.5. The number of aromatic nitrogens is 4. The lowest BCUT2D eigenvalue weighted by Crippen LogP contribution is -2.28. The molecule has 1 aliphatic rings. The van der Waals surface area contributed by atoms with Crippen LogP contribution in [0.5, 0.6) is 0 Å². The first-order valence-electron chi connectivity index (χ1n) is 6.76. The minimum atomic E-state index is -0.496. The number of aryl methyl sites for hydroxylation is 1. The number of aromatic amines is 1. The number of nitrogens with one attached hydrogen (secondary N) is 1. The van der Waals surface area contributed by atoms with Crippen LogP contribution in [-0.2, 0) is 0 Å². The molecule has 0 radical (unpaired) electrons. The van der Waals surface area contributed by atoms with Crippen LogP contribution in [0, 0.1) is 12.8 Å². The van der Waals surface area contributed by atoms with Gasteiger partial charge in [0.1, 0.15) is 0 Å². The van der Waals surface area contributed by atoms with E-state index >= 15 is 0 Å². The Bertz CT molecular complexity index is 762. The predicted molar refractivity (Wildman–Crippen MR) is 74.1 cm³/mol. The maximum absolute atomic E-state index is 11.8. The summed E-state index contributed by atoms with van der Waals surface area (Å²) in [7, 11) is 0. The van der Waals surface area contributed by atoms with Gasteiger partial charge in [-0.1, -0.05) is 13.3 Å². The molecule has 1 saturated carbocycles. The summed E-state index contributed by atoms with van der Waals surface area (Å²) < 4.78 is 1.31. The third-order valence-corrected chi connectivity index (χ3v) is 3.92. The van der Waals surface area contributed by atoms with E-state index in [2.05, 4.69) is 22.1 Å². The molecule has 0 spiro atoms. The molecule has 6 heteroatoms.